The molecule has 2 heterocycles. The summed E-state index contributed by atoms with van der Waals surface area (Å²) < 4.78 is 5.70. The summed E-state index contributed by atoms with van der Waals surface area (Å²) in [5.74, 6) is -0.809. The average molecular weight is 241 g/mol. The Hall–Kier alpha value is -0.940. The molecule has 0 aliphatic carbocycles. The van der Waals surface area contributed by atoms with Gasteiger partial charge in [0.05, 0.1) is 12.1 Å². The van der Waals surface area contributed by atoms with Gasteiger partial charge >= 0.3 is 5.97 Å². The fourth-order valence-corrected chi connectivity index (χ4v) is 3.09. The molecular formula is C11H15NO3S. The number of hydrogen-bond donors (Lipinski definition) is 1. The standard InChI is InChI=1S/C11H15NO3S/c1-7-8(6-9(13)14)16-10(12-7)11(2)4-3-5-15-11/h3-6H2,1-2H3,(H,13,14). The van der Waals surface area contributed by atoms with Gasteiger partial charge in [-0.1, -0.05) is 0 Å². The molecule has 0 spiro atoms. The molecule has 1 atom stereocenters. The Balaban J connectivity index is 2.26. The molecule has 0 aromatic carbocycles. The van der Waals surface area contributed by atoms with Crippen LogP contribution in [-0.4, -0.2) is 22.7 Å². The van der Waals surface area contributed by atoms with Crippen molar-refractivity contribution in [3.8, 4) is 0 Å². The fourth-order valence-electron chi connectivity index (χ4n) is 1.90. The van der Waals surface area contributed by atoms with Crippen LogP contribution >= 0.6 is 11.3 Å². The molecule has 1 aromatic rings. The van der Waals surface area contributed by atoms with Crippen LogP contribution in [0.15, 0.2) is 0 Å². The van der Waals surface area contributed by atoms with Crippen molar-refractivity contribution < 1.29 is 14.6 Å². The minimum absolute atomic E-state index is 0.0551. The Morgan fingerprint density at radius 2 is 2.44 bits per heavy atom. The van der Waals surface area contributed by atoms with E-state index in [0.29, 0.717) is 0 Å². The highest BCUT2D eigenvalue weighted by molar-refractivity contribution is 7.12. The van der Waals surface area contributed by atoms with Crippen LogP contribution in [0, 0.1) is 6.92 Å². The molecule has 1 aliphatic rings. The van der Waals surface area contributed by atoms with E-state index < -0.39 is 5.97 Å². The molecular weight excluding hydrogens is 226 g/mol. The summed E-state index contributed by atoms with van der Waals surface area (Å²) >= 11 is 1.47. The first-order valence-electron chi connectivity index (χ1n) is 5.34. The van der Waals surface area contributed by atoms with E-state index >= 15 is 0 Å². The van der Waals surface area contributed by atoms with Gasteiger partial charge in [0.1, 0.15) is 10.6 Å². The van der Waals surface area contributed by atoms with Gasteiger partial charge in [-0.05, 0) is 26.7 Å². The Morgan fingerprint density at radius 1 is 1.69 bits per heavy atom. The molecule has 1 fully saturated rings. The lowest BCUT2D eigenvalue weighted by Gasteiger charge is -2.19. The van der Waals surface area contributed by atoms with Gasteiger partial charge in [0.15, 0.2) is 0 Å². The summed E-state index contributed by atoms with van der Waals surface area (Å²) in [6.45, 7) is 4.66. The highest BCUT2D eigenvalue weighted by Gasteiger charge is 2.35. The maximum Gasteiger partial charge on any atom is 0.308 e. The monoisotopic (exact) mass is 241 g/mol. The third kappa shape index (κ3) is 2.10. The van der Waals surface area contributed by atoms with Crippen LogP contribution in [0.1, 0.15) is 35.3 Å². The third-order valence-electron chi connectivity index (χ3n) is 2.88. The van der Waals surface area contributed by atoms with Gasteiger partial charge in [-0.25, -0.2) is 4.98 Å². The lowest BCUT2D eigenvalue weighted by atomic mass is 10.0. The van der Waals surface area contributed by atoms with E-state index in [-0.39, 0.29) is 12.0 Å². The number of aliphatic carboxylic acids is 1. The van der Waals surface area contributed by atoms with Gasteiger partial charge < -0.3 is 9.84 Å². The summed E-state index contributed by atoms with van der Waals surface area (Å²) in [5.41, 5.74) is 0.519. The SMILES string of the molecule is Cc1nc(C2(C)CCCO2)sc1CC(=O)O. The number of carboxylic acid groups (broad SMARTS) is 1. The molecule has 1 unspecified atom stereocenters. The van der Waals surface area contributed by atoms with Crippen LogP contribution in [0.5, 0.6) is 0 Å². The van der Waals surface area contributed by atoms with Crippen molar-refractivity contribution >= 4 is 17.3 Å². The van der Waals surface area contributed by atoms with E-state index in [9.17, 15) is 4.79 Å². The topological polar surface area (TPSA) is 59.4 Å². The van der Waals surface area contributed by atoms with Crippen molar-refractivity contribution in [2.75, 3.05) is 6.61 Å². The number of hydrogen-bond acceptors (Lipinski definition) is 4. The summed E-state index contributed by atoms with van der Waals surface area (Å²) in [7, 11) is 0. The first-order chi connectivity index (χ1) is 7.51. The van der Waals surface area contributed by atoms with Gasteiger partial charge in [-0.3, -0.25) is 4.79 Å². The molecule has 1 aromatic heterocycles. The largest absolute Gasteiger partial charge is 0.481 e. The number of thiazole rings is 1. The van der Waals surface area contributed by atoms with E-state index in [4.69, 9.17) is 9.84 Å². The highest BCUT2D eigenvalue weighted by Crippen LogP contribution is 2.38. The van der Waals surface area contributed by atoms with Crippen LogP contribution in [0.25, 0.3) is 0 Å². The maximum atomic E-state index is 10.7. The zero-order valence-corrected chi connectivity index (χ0v) is 10.3. The Kier molecular flexibility index (Phi) is 2.99. The predicted molar refractivity (Wildman–Crippen MR) is 60.7 cm³/mol. The van der Waals surface area contributed by atoms with Gasteiger partial charge in [-0.2, -0.15) is 0 Å². The quantitative estimate of drug-likeness (QED) is 0.880. The second-order valence-corrected chi connectivity index (χ2v) is 5.36. The number of nitrogens with zero attached hydrogens (tertiary/aromatic N) is 1. The van der Waals surface area contributed by atoms with E-state index in [1.165, 1.54) is 11.3 Å². The van der Waals surface area contributed by atoms with Gasteiger partial charge in [0.2, 0.25) is 0 Å². The number of ether oxygens (including phenoxy) is 1. The van der Waals surface area contributed by atoms with E-state index in [0.717, 1.165) is 35.0 Å². The van der Waals surface area contributed by atoms with Crippen molar-refractivity contribution in [1.82, 2.24) is 4.98 Å². The molecule has 5 heteroatoms. The molecule has 2 rings (SSSR count). The second kappa shape index (κ2) is 4.14. The molecule has 1 saturated heterocycles. The van der Waals surface area contributed by atoms with E-state index in [1.807, 2.05) is 13.8 Å². The molecule has 0 amide bonds. The predicted octanol–water partition coefficient (Wildman–Crippen LogP) is 2.10. The van der Waals surface area contributed by atoms with Gasteiger partial charge in [0.25, 0.3) is 0 Å². The number of carboxylic acids is 1. The molecule has 16 heavy (non-hydrogen) atoms. The normalized spacial score (nSPS) is 24.9. The summed E-state index contributed by atoms with van der Waals surface area (Å²) in [4.78, 5) is 16.0. The molecule has 4 nitrogen and oxygen atoms in total. The first kappa shape index (κ1) is 11.5. The fraction of sp³-hybridized carbons (Fsp3) is 0.636. The number of rotatable bonds is 3. The Labute approximate surface area is 98.3 Å². The molecule has 0 bridgehead atoms. The first-order valence-corrected chi connectivity index (χ1v) is 6.15. The van der Waals surface area contributed by atoms with Crippen molar-refractivity contribution in [1.29, 1.82) is 0 Å². The number of aryl methyl sites for hydroxylation is 1. The van der Waals surface area contributed by atoms with E-state index in [1.54, 1.807) is 0 Å². The van der Waals surface area contributed by atoms with Crippen LogP contribution in [0.2, 0.25) is 0 Å². The minimum atomic E-state index is -0.809. The van der Waals surface area contributed by atoms with Crippen molar-refractivity contribution in [3.05, 3.63) is 15.6 Å². The smallest absolute Gasteiger partial charge is 0.308 e. The Bertz CT molecular complexity index is 407. The third-order valence-corrected chi connectivity index (χ3v) is 4.28. The zero-order valence-electron chi connectivity index (χ0n) is 9.45. The average Bonchev–Trinajstić information content (AvgIpc) is 2.75. The molecule has 0 radical (unpaired) electrons. The van der Waals surface area contributed by atoms with Crippen molar-refractivity contribution in [2.45, 2.75) is 38.7 Å². The second-order valence-electron chi connectivity index (χ2n) is 4.28. The lowest BCUT2D eigenvalue weighted by Crippen LogP contribution is -2.19. The van der Waals surface area contributed by atoms with Crippen molar-refractivity contribution in [2.24, 2.45) is 0 Å². The number of aromatic nitrogens is 1. The van der Waals surface area contributed by atoms with E-state index in [2.05, 4.69) is 4.98 Å². The van der Waals surface area contributed by atoms with Crippen molar-refractivity contribution in [3.63, 3.8) is 0 Å². The maximum absolute atomic E-state index is 10.7. The molecule has 88 valence electrons. The van der Waals surface area contributed by atoms with Crippen LogP contribution < -0.4 is 0 Å². The summed E-state index contributed by atoms with van der Waals surface area (Å²) in [6.07, 6.45) is 2.06. The van der Waals surface area contributed by atoms with Crippen LogP contribution in [0.4, 0.5) is 0 Å². The highest BCUT2D eigenvalue weighted by atomic mass is 32.1. The zero-order chi connectivity index (χ0) is 11.8. The minimum Gasteiger partial charge on any atom is -0.481 e. The van der Waals surface area contributed by atoms with Crippen LogP contribution in [-0.2, 0) is 21.6 Å². The van der Waals surface area contributed by atoms with Crippen LogP contribution in [0.3, 0.4) is 0 Å². The van der Waals surface area contributed by atoms with Gasteiger partial charge in [-0.15, -0.1) is 11.3 Å². The summed E-state index contributed by atoms with van der Waals surface area (Å²) in [6, 6.07) is 0. The molecule has 0 saturated carbocycles. The molecule has 1 aliphatic heterocycles. The lowest BCUT2D eigenvalue weighted by molar-refractivity contribution is -0.136. The summed E-state index contributed by atoms with van der Waals surface area (Å²) in [5, 5.41) is 9.69. The number of carbonyl (C=O) groups is 1. The molecule has 1 N–H and O–H groups in total. The van der Waals surface area contributed by atoms with Gasteiger partial charge in [0, 0.05) is 11.5 Å². The Morgan fingerprint density at radius 3 is 3.00 bits per heavy atom.